The maximum Gasteiger partial charge on any atom is 0.134 e. The van der Waals surface area contributed by atoms with Crippen molar-refractivity contribution in [3.05, 3.63) is 54.3 Å². The molecule has 88 valence electrons. The Morgan fingerprint density at radius 1 is 0.941 bits per heavy atom. The van der Waals surface area contributed by atoms with Crippen LogP contribution in [0.25, 0.3) is 17.4 Å². The van der Waals surface area contributed by atoms with E-state index < -0.39 is 0 Å². The van der Waals surface area contributed by atoms with Crippen LogP contribution < -0.4 is 0 Å². The molecule has 1 aromatic carbocycles. The zero-order valence-corrected chi connectivity index (χ0v) is 10.6. The molecule has 0 saturated heterocycles. The van der Waals surface area contributed by atoms with Gasteiger partial charge in [0, 0.05) is 5.56 Å². The van der Waals surface area contributed by atoms with Crippen molar-refractivity contribution in [2.45, 2.75) is 20.8 Å². The van der Waals surface area contributed by atoms with Crippen molar-refractivity contribution in [1.29, 1.82) is 0 Å². The topological polar surface area (TPSA) is 13.1 Å². The Hall–Kier alpha value is -1.76. The van der Waals surface area contributed by atoms with Crippen molar-refractivity contribution in [3.8, 4) is 11.3 Å². The molecule has 0 aliphatic heterocycles. The van der Waals surface area contributed by atoms with E-state index in [0.717, 1.165) is 17.1 Å². The molecule has 1 aromatic heterocycles. The van der Waals surface area contributed by atoms with Crippen LogP contribution >= 0.6 is 0 Å². The lowest BCUT2D eigenvalue weighted by atomic mass is 9.96. The maximum absolute atomic E-state index is 5.78. The van der Waals surface area contributed by atoms with E-state index in [9.17, 15) is 0 Å². The lowest BCUT2D eigenvalue weighted by Gasteiger charge is -2.10. The molecule has 2 rings (SSSR count). The van der Waals surface area contributed by atoms with Crippen LogP contribution in [0, 0.1) is 5.41 Å². The Bertz CT molecular complexity index is 498. The largest absolute Gasteiger partial charge is 0.457 e. The van der Waals surface area contributed by atoms with Gasteiger partial charge in [-0.25, -0.2) is 0 Å². The van der Waals surface area contributed by atoms with E-state index in [1.807, 2.05) is 36.4 Å². The summed E-state index contributed by atoms with van der Waals surface area (Å²) in [6.45, 7) is 6.51. The van der Waals surface area contributed by atoms with Crippen LogP contribution in [-0.2, 0) is 0 Å². The van der Waals surface area contributed by atoms with Gasteiger partial charge in [0.15, 0.2) is 0 Å². The highest BCUT2D eigenvalue weighted by Crippen LogP contribution is 2.24. The lowest BCUT2D eigenvalue weighted by Crippen LogP contribution is -1.97. The molecule has 0 N–H and O–H groups in total. The molecule has 0 unspecified atom stereocenters. The Morgan fingerprint density at radius 3 is 2.29 bits per heavy atom. The summed E-state index contributed by atoms with van der Waals surface area (Å²) in [5.41, 5.74) is 1.29. The highest BCUT2D eigenvalue weighted by atomic mass is 16.3. The molecule has 1 heterocycles. The number of hydrogen-bond donors (Lipinski definition) is 0. The molecule has 0 saturated carbocycles. The zero-order chi connectivity index (χ0) is 12.3. The molecular weight excluding hydrogens is 208 g/mol. The van der Waals surface area contributed by atoms with Gasteiger partial charge in [0.05, 0.1) is 0 Å². The minimum absolute atomic E-state index is 0.180. The molecule has 0 spiro atoms. The molecule has 0 radical (unpaired) electrons. The van der Waals surface area contributed by atoms with E-state index in [2.05, 4.69) is 39.0 Å². The highest BCUT2D eigenvalue weighted by Gasteiger charge is 2.05. The summed E-state index contributed by atoms with van der Waals surface area (Å²) in [7, 11) is 0. The molecule has 2 aromatic rings. The van der Waals surface area contributed by atoms with Gasteiger partial charge < -0.3 is 4.42 Å². The summed E-state index contributed by atoms with van der Waals surface area (Å²) >= 11 is 0. The van der Waals surface area contributed by atoms with Crippen LogP contribution in [0.1, 0.15) is 26.5 Å². The second kappa shape index (κ2) is 4.62. The standard InChI is InChI=1S/C16H18O/c1-16(2,3)12-11-14-9-10-15(17-14)13-7-5-4-6-8-13/h4-12H,1-3H3/b12-11+. The third-order valence-corrected chi connectivity index (χ3v) is 2.43. The summed E-state index contributed by atoms with van der Waals surface area (Å²) in [5.74, 6) is 1.82. The Morgan fingerprint density at radius 2 is 1.65 bits per heavy atom. The summed E-state index contributed by atoms with van der Waals surface area (Å²) in [6, 6.07) is 14.2. The quantitative estimate of drug-likeness (QED) is 0.701. The number of allylic oxidation sites excluding steroid dienone is 1. The fourth-order valence-corrected chi connectivity index (χ4v) is 1.53. The predicted octanol–water partition coefficient (Wildman–Crippen LogP) is 5.01. The van der Waals surface area contributed by atoms with Gasteiger partial charge in [-0.2, -0.15) is 0 Å². The van der Waals surface area contributed by atoms with Crippen LogP contribution in [0.4, 0.5) is 0 Å². The normalized spacial score (nSPS) is 12.2. The first-order valence-corrected chi connectivity index (χ1v) is 5.89. The van der Waals surface area contributed by atoms with E-state index in [0.29, 0.717) is 0 Å². The average molecular weight is 226 g/mol. The van der Waals surface area contributed by atoms with Crippen molar-refractivity contribution in [3.63, 3.8) is 0 Å². The summed E-state index contributed by atoms with van der Waals surface area (Å²) < 4.78 is 5.78. The van der Waals surface area contributed by atoms with Crippen LogP contribution in [0.2, 0.25) is 0 Å². The first-order valence-electron chi connectivity index (χ1n) is 5.89. The molecule has 0 atom stereocenters. The average Bonchev–Trinajstić information content (AvgIpc) is 2.75. The van der Waals surface area contributed by atoms with Crippen molar-refractivity contribution in [2.24, 2.45) is 5.41 Å². The minimum atomic E-state index is 0.180. The molecule has 0 amide bonds. The minimum Gasteiger partial charge on any atom is -0.457 e. The smallest absolute Gasteiger partial charge is 0.134 e. The molecular formula is C16H18O. The Balaban J connectivity index is 2.20. The van der Waals surface area contributed by atoms with E-state index in [4.69, 9.17) is 4.42 Å². The Labute approximate surface area is 103 Å². The first kappa shape index (κ1) is 11.7. The van der Waals surface area contributed by atoms with Crippen molar-refractivity contribution in [2.75, 3.05) is 0 Å². The summed E-state index contributed by atoms with van der Waals surface area (Å²) in [6.07, 6.45) is 4.19. The van der Waals surface area contributed by atoms with Crippen LogP contribution in [0.15, 0.2) is 53.0 Å². The van der Waals surface area contributed by atoms with Crippen LogP contribution in [-0.4, -0.2) is 0 Å². The fourth-order valence-electron chi connectivity index (χ4n) is 1.53. The first-order chi connectivity index (χ1) is 8.04. The van der Waals surface area contributed by atoms with E-state index >= 15 is 0 Å². The second-order valence-electron chi connectivity index (χ2n) is 5.27. The van der Waals surface area contributed by atoms with Gasteiger partial charge in [-0.05, 0) is 23.6 Å². The number of furan rings is 1. The fraction of sp³-hybridized carbons (Fsp3) is 0.250. The van der Waals surface area contributed by atoms with E-state index in [-0.39, 0.29) is 5.41 Å². The number of rotatable bonds is 2. The zero-order valence-electron chi connectivity index (χ0n) is 10.6. The molecule has 0 aliphatic rings. The molecule has 0 bridgehead atoms. The summed E-state index contributed by atoms with van der Waals surface area (Å²) in [4.78, 5) is 0. The monoisotopic (exact) mass is 226 g/mol. The van der Waals surface area contributed by atoms with Crippen molar-refractivity contribution < 1.29 is 4.42 Å². The number of hydrogen-bond acceptors (Lipinski definition) is 1. The lowest BCUT2D eigenvalue weighted by molar-refractivity contribution is 0.540. The maximum atomic E-state index is 5.78. The SMILES string of the molecule is CC(C)(C)/C=C/c1ccc(-c2ccccc2)o1. The van der Waals surface area contributed by atoms with Gasteiger partial charge >= 0.3 is 0 Å². The van der Waals surface area contributed by atoms with Gasteiger partial charge in [-0.1, -0.05) is 57.2 Å². The van der Waals surface area contributed by atoms with Gasteiger partial charge in [-0.15, -0.1) is 0 Å². The van der Waals surface area contributed by atoms with Crippen molar-refractivity contribution >= 4 is 6.08 Å². The third-order valence-electron chi connectivity index (χ3n) is 2.43. The van der Waals surface area contributed by atoms with Gasteiger partial charge in [-0.3, -0.25) is 0 Å². The predicted molar refractivity (Wildman–Crippen MR) is 72.6 cm³/mol. The molecule has 1 heteroatoms. The van der Waals surface area contributed by atoms with E-state index in [1.54, 1.807) is 0 Å². The molecule has 17 heavy (non-hydrogen) atoms. The van der Waals surface area contributed by atoms with Gasteiger partial charge in [0.25, 0.3) is 0 Å². The second-order valence-corrected chi connectivity index (χ2v) is 5.27. The molecule has 0 fully saturated rings. The number of benzene rings is 1. The van der Waals surface area contributed by atoms with Gasteiger partial charge in [0.2, 0.25) is 0 Å². The van der Waals surface area contributed by atoms with Crippen LogP contribution in [0.5, 0.6) is 0 Å². The van der Waals surface area contributed by atoms with Crippen LogP contribution in [0.3, 0.4) is 0 Å². The third kappa shape index (κ3) is 3.35. The van der Waals surface area contributed by atoms with E-state index in [1.165, 1.54) is 0 Å². The summed E-state index contributed by atoms with van der Waals surface area (Å²) in [5, 5.41) is 0. The highest BCUT2D eigenvalue weighted by molar-refractivity contribution is 5.59. The van der Waals surface area contributed by atoms with Crippen molar-refractivity contribution in [1.82, 2.24) is 0 Å². The Kier molecular flexibility index (Phi) is 3.19. The van der Waals surface area contributed by atoms with Gasteiger partial charge in [0.1, 0.15) is 11.5 Å². The molecule has 0 aliphatic carbocycles. The molecule has 1 nitrogen and oxygen atoms in total.